The quantitative estimate of drug-likeness (QED) is 0.882. The van der Waals surface area contributed by atoms with E-state index in [0.717, 1.165) is 35.9 Å². The van der Waals surface area contributed by atoms with Crippen molar-refractivity contribution in [1.29, 1.82) is 0 Å². The highest BCUT2D eigenvalue weighted by atomic mass is 16.2. The molecule has 2 N–H and O–H groups in total. The molecule has 1 heterocycles. The van der Waals surface area contributed by atoms with Crippen molar-refractivity contribution in [1.82, 2.24) is 9.78 Å². The summed E-state index contributed by atoms with van der Waals surface area (Å²) in [4.78, 5) is 36.3. The number of hydrogen-bond donors (Lipinski definition) is 2. The molecule has 7 heteroatoms. The normalized spacial score (nSPS) is 14.2. The maximum atomic E-state index is 12.5. The molecule has 1 fully saturated rings. The number of amides is 2. The van der Waals surface area contributed by atoms with Crippen molar-refractivity contribution in [3.63, 3.8) is 0 Å². The van der Waals surface area contributed by atoms with Gasteiger partial charge in [0.05, 0.1) is 11.4 Å². The second-order valence-electron chi connectivity index (χ2n) is 6.65. The van der Waals surface area contributed by atoms with Crippen molar-refractivity contribution in [2.24, 2.45) is 13.0 Å². The minimum atomic E-state index is -0.442. The zero-order valence-corrected chi connectivity index (χ0v) is 14.9. The van der Waals surface area contributed by atoms with Crippen LogP contribution < -0.4 is 16.2 Å². The van der Waals surface area contributed by atoms with Gasteiger partial charge in [-0.15, -0.1) is 0 Å². The lowest BCUT2D eigenvalue weighted by Gasteiger charge is -2.15. The van der Waals surface area contributed by atoms with E-state index >= 15 is 0 Å². The highest BCUT2D eigenvalue weighted by molar-refractivity contribution is 6.06. The van der Waals surface area contributed by atoms with Crippen LogP contribution in [0.4, 0.5) is 11.4 Å². The smallest absolute Gasteiger partial charge is 0.276 e. The fourth-order valence-electron chi connectivity index (χ4n) is 3.10. The molecule has 1 aromatic carbocycles. The maximum Gasteiger partial charge on any atom is 0.276 e. The van der Waals surface area contributed by atoms with Crippen molar-refractivity contribution in [2.45, 2.75) is 32.6 Å². The molecule has 136 valence electrons. The van der Waals surface area contributed by atoms with Gasteiger partial charge in [0.25, 0.3) is 11.5 Å². The summed E-state index contributed by atoms with van der Waals surface area (Å²) in [7, 11) is 1.49. The zero-order valence-electron chi connectivity index (χ0n) is 14.9. The first kappa shape index (κ1) is 17.8. The third kappa shape index (κ3) is 3.99. The van der Waals surface area contributed by atoms with Gasteiger partial charge in [0.15, 0.2) is 0 Å². The van der Waals surface area contributed by atoms with Crippen LogP contribution >= 0.6 is 0 Å². The molecule has 0 unspecified atom stereocenters. The van der Waals surface area contributed by atoms with E-state index in [2.05, 4.69) is 15.7 Å². The molecule has 1 saturated carbocycles. The number of aromatic nitrogens is 2. The average molecular weight is 354 g/mol. The summed E-state index contributed by atoms with van der Waals surface area (Å²) in [6.45, 7) is 1.91. The maximum absolute atomic E-state index is 12.5. The van der Waals surface area contributed by atoms with Crippen molar-refractivity contribution < 1.29 is 9.59 Å². The number of nitrogens with one attached hydrogen (secondary N) is 2. The van der Waals surface area contributed by atoms with E-state index in [1.54, 1.807) is 12.1 Å². The first-order valence-electron chi connectivity index (χ1n) is 8.71. The fraction of sp³-hybridized carbons (Fsp3) is 0.368. The molecule has 2 aromatic rings. The Balaban J connectivity index is 1.80. The highest BCUT2D eigenvalue weighted by Crippen LogP contribution is 2.29. The lowest BCUT2D eigenvalue weighted by Crippen LogP contribution is -2.25. The minimum Gasteiger partial charge on any atom is -0.324 e. The Morgan fingerprint density at radius 2 is 1.81 bits per heavy atom. The van der Waals surface area contributed by atoms with Crippen molar-refractivity contribution >= 4 is 23.2 Å². The van der Waals surface area contributed by atoms with E-state index < -0.39 is 5.91 Å². The fourth-order valence-corrected chi connectivity index (χ4v) is 3.10. The lowest BCUT2D eigenvalue weighted by molar-refractivity contribution is -0.119. The van der Waals surface area contributed by atoms with Crippen LogP contribution in [0.3, 0.4) is 0 Å². The van der Waals surface area contributed by atoms with Crippen LogP contribution in [-0.2, 0) is 11.8 Å². The molecular weight excluding hydrogens is 332 g/mol. The van der Waals surface area contributed by atoms with Gasteiger partial charge in [0.2, 0.25) is 5.91 Å². The van der Waals surface area contributed by atoms with Gasteiger partial charge in [-0.25, -0.2) is 4.68 Å². The summed E-state index contributed by atoms with van der Waals surface area (Å²) in [5, 5.41) is 9.66. The predicted molar refractivity (Wildman–Crippen MR) is 99.2 cm³/mol. The van der Waals surface area contributed by atoms with Crippen LogP contribution in [0.15, 0.2) is 35.1 Å². The predicted octanol–water partition coefficient (Wildman–Crippen LogP) is 2.47. The third-order valence-corrected chi connectivity index (χ3v) is 4.60. The first-order chi connectivity index (χ1) is 12.4. The van der Waals surface area contributed by atoms with Gasteiger partial charge < -0.3 is 10.6 Å². The number of aryl methyl sites for hydroxylation is 2. The molecule has 26 heavy (non-hydrogen) atoms. The van der Waals surface area contributed by atoms with Crippen molar-refractivity contribution in [3.05, 3.63) is 51.9 Å². The number of hydrogen-bond acceptors (Lipinski definition) is 4. The van der Waals surface area contributed by atoms with Gasteiger partial charge in [0.1, 0.15) is 5.69 Å². The van der Waals surface area contributed by atoms with Crippen molar-refractivity contribution in [3.8, 4) is 0 Å². The summed E-state index contributed by atoms with van der Waals surface area (Å²) < 4.78 is 1.11. The molecule has 3 rings (SSSR count). The molecule has 7 nitrogen and oxygen atoms in total. The Morgan fingerprint density at radius 1 is 1.08 bits per heavy atom. The van der Waals surface area contributed by atoms with E-state index in [0.29, 0.717) is 11.4 Å². The SMILES string of the molecule is Cc1ccc(NC(=O)C2CCCC2)c(NC(=O)c2ccc(=O)n(C)n2)c1. The Labute approximate surface area is 151 Å². The largest absolute Gasteiger partial charge is 0.324 e. The summed E-state index contributed by atoms with van der Waals surface area (Å²) in [5.41, 5.74) is 1.86. The Kier molecular flexibility index (Phi) is 5.16. The molecule has 0 radical (unpaired) electrons. The van der Waals surface area contributed by atoms with Gasteiger partial charge in [-0.3, -0.25) is 14.4 Å². The molecule has 1 aromatic heterocycles. The molecule has 0 bridgehead atoms. The van der Waals surface area contributed by atoms with E-state index in [1.807, 2.05) is 13.0 Å². The summed E-state index contributed by atoms with van der Waals surface area (Å²) in [6, 6.07) is 8.13. The van der Waals surface area contributed by atoms with Gasteiger partial charge in [0, 0.05) is 19.0 Å². The minimum absolute atomic E-state index is 0.0120. The first-order valence-corrected chi connectivity index (χ1v) is 8.71. The molecule has 0 saturated heterocycles. The Hall–Kier alpha value is -2.96. The zero-order chi connectivity index (χ0) is 18.7. The third-order valence-electron chi connectivity index (χ3n) is 4.60. The molecule has 0 atom stereocenters. The summed E-state index contributed by atoms with van der Waals surface area (Å²) in [5.74, 6) is -0.421. The van der Waals surface area contributed by atoms with Crippen molar-refractivity contribution in [2.75, 3.05) is 10.6 Å². The van der Waals surface area contributed by atoms with Crippen LogP contribution in [0.25, 0.3) is 0 Å². The summed E-state index contributed by atoms with van der Waals surface area (Å²) in [6.07, 6.45) is 3.96. The molecule has 1 aliphatic rings. The second kappa shape index (κ2) is 7.51. The van der Waals surface area contributed by atoms with Crippen LogP contribution in [-0.4, -0.2) is 21.6 Å². The Morgan fingerprint density at radius 3 is 2.50 bits per heavy atom. The number of benzene rings is 1. The average Bonchev–Trinajstić information content (AvgIpc) is 3.14. The van der Waals surface area contributed by atoms with Crippen LogP contribution in [0.5, 0.6) is 0 Å². The van der Waals surface area contributed by atoms with Gasteiger partial charge in [-0.05, 0) is 43.5 Å². The number of carbonyl (C=O) groups is 2. The van der Waals surface area contributed by atoms with Crippen LogP contribution in [0.2, 0.25) is 0 Å². The van der Waals surface area contributed by atoms with Crippen LogP contribution in [0.1, 0.15) is 41.7 Å². The van der Waals surface area contributed by atoms with E-state index in [-0.39, 0.29) is 23.1 Å². The lowest BCUT2D eigenvalue weighted by atomic mass is 10.1. The molecule has 1 aliphatic carbocycles. The summed E-state index contributed by atoms with van der Waals surface area (Å²) >= 11 is 0. The van der Waals surface area contributed by atoms with Gasteiger partial charge >= 0.3 is 0 Å². The standard InChI is InChI=1S/C19H22N4O3/c1-12-7-8-14(20-18(25)13-5-3-4-6-13)16(11-12)21-19(26)15-9-10-17(24)23(2)22-15/h7-11,13H,3-6H2,1-2H3,(H,20,25)(H,21,26). The molecule has 0 spiro atoms. The van der Waals surface area contributed by atoms with E-state index in [1.165, 1.54) is 19.2 Å². The second-order valence-corrected chi connectivity index (χ2v) is 6.65. The van der Waals surface area contributed by atoms with Gasteiger partial charge in [-0.1, -0.05) is 18.9 Å². The molecule has 2 amide bonds. The number of carbonyl (C=O) groups excluding carboxylic acids is 2. The highest BCUT2D eigenvalue weighted by Gasteiger charge is 2.23. The van der Waals surface area contributed by atoms with Gasteiger partial charge in [-0.2, -0.15) is 5.10 Å². The number of anilines is 2. The van der Waals surface area contributed by atoms with E-state index in [4.69, 9.17) is 0 Å². The van der Waals surface area contributed by atoms with E-state index in [9.17, 15) is 14.4 Å². The number of rotatable bonds is 4. The monoisotopic (exact) mass is 354 g/mol. The molecule has 0 aliphatic heterocycles. The molecular formula is C19H22N4O3. The Bertz CT molecular complexity index is 898. The van der Waals surface area contributed by atoms with Crippen LogP contribution in [0, 0.1) is 12.8 Å². The number of nitrogens with zero attached hydrogens (tertiary/aromatic N) is 2. The topological polar surface area (TPSA) is 93.1 Å².